The number of esters is 1. The molecule has 0 radical (unpaired) electrons. The van der Waals surface area contributed by atoms with Crippen LogP contribution in [0.2, 0.25) is 0 Å². The quantitative estimate of drug-likeness (QED) is 0.285. The Bertz CT molecular complexity index is 964. The van der Waals surface area contributed by atoms with Crippen LogP contribution in [-0.2, 0) is 9.53 Å². The molecule has 8 nitrogen and oxygen atoms in total. The smallest absolute Gasteiger partial charge is 0.337 e. The maximum Gasteiger partial charge on any atom is 0.337 e. The molecule has 8 heteroatoms. The molecule has 0 fully saturated rings. The number of anilines is 2. The zero-order valence-corrected chi connectivity index (χ0v) is 14.6. The van der Waals surface area contributed by atoms with E-state index in [2.05, 4.69) is 10.6 Å². The first-order chi connectivity index (χ1) is 12.9. The van der Waals surface area contributed by atoms with Gasteiger partial charge in [-0.05, 0) is 49.4 Å². The highest BCUT2D eigenvalue weighted by molar-refractivity contribution is 6.32. The van der Waals surface area contributed by atoms with Crippen LogP contribution < -0.4 is 16.1 Å². The van der Waals surface area contributed by atoms with Crippen LogP contribution in [0.4, 0.5) is 11.4 Å². The largest absolute Gasteiger partial charge is 0.465 e. The Hall–Kier alpha value is -3.65. The zero-order chi connectivity index (χ0) is 19.6. The molecule has 2 amide bonds. The summed E-state index contributed by atoms with van der Waals surface area (Å²) < 4.78 is 4.73. The second kappa shape index (κ2) is 7.30. The minimum absolute atomic E-state index is 0.284. The molecule has 0 unspecified atom stereocenters. The first-order valence-electron chi connectivity index (χ1n) is 8.01. The lowest BCUT2D eigenvalue weighted by Crippen LogP contribution is -2.18. The molecule has 3 rings (SSSR count). The number of allylic oxidation sites excluding steroid dienone is 1. The van der Waals surface area contributed by atoms with E-state index >= 15 is 0 Å². The molecule has 27 heavy (non-hydrogen) atoms. The fourth-order valence-electron chi connectivity index (χ4n) is 2.83. The second-order valence-corrected chi connectivity index (χ2v) is 5.85. The predicted molar refractivity (Wildman–Crippen MR) is 98.3 cm³/mol. The van der Waals surface area contributed by atoms with Gasteiger partial charge in [0.15, 0.2) is 0 Å². The standard InChI is InChI=1S/C19H17N3O5/c1-10(20-13-6-3-11(4-7-13)17(23)22-26)16-14-9-12(19(25)27-2)5-8-15(14)21-18(16)24/h3-9,20,26H,1-2H3,(H,21,24)(H,22,23)/b16-10-. The summed E-state index contributed by atoms with van der Waals surface area (Å²) in [5, 5.41) is 14.5. The molecule has 1 heterocycles. The summed E-state index contributed by atoms with van der Waals surface area (Å²) in [6.45, 7) is 1.74. The molecule has 2 aromatic carbocycles. The molecule has 1 aliphatic heterocycles. The highest BCUT2D eigenvalue weighted by Crippen LogP contribution is 2.35. The highest BCUT2D eigenvalue weighted by atomic mass is 16.5. The normalized spacial score (nSPS) is 14.1. The summed E-state index contributed by atoms with van der Waals surface area (Å²) in [6.07, 6.45) is 0. The van der Waals surface area contributed by atoms with Gasteiger partial charge in [-0.25, -0.2) is 10.3 Å². The number of amides is 2. The van der Waals surface area contributed by atoms with Gasteiger partial charge in [0.1, 0.15) is 0 Å². The molecule has 0 saturated carbocycles. The fraction of sp³-hybridized carbons (Fsp3) is 0.105. The number of carbonyl (C=O) groups is 3. The van der Waals surface area contributed by atoms with E-state index in [-0.39, 0.29) is 5.91 Å². The Kier molecular flexibility index (Phi) is 4.91. The molecule has 0 spiro atoms. The number of fused-ring (bicyclic) bond motifs is 1. The van der Waals surface area contributed by atoms with Gasteiger partial charge in [-0.1, -0.05) is 0 Å². The molecular formula is C19H17N3O5. The van der Waals surface area contributed by atoms with E-state index in [4.69, 9.17) is 9.94 Å². The van der Waals surface area contributed by atoms with Gasteiger partial charge in [-0.15, -0.1) is 0 Å². The van der Waals surface area contributed by atoms with Gasteiger partial charge in [-0.3, -0.25) is 14.8 Å². The number of carbonyl (C=O) groups excluding carboxylic acids is 3. The Labute approximate surface area is 154 Å². The number of hydroxylamine groups is 1. The number of hydrogen-bond acceptors (Lipinski definition) is 6. The average molecular weight is 367 g/mol. The summed E-state index contributed by atoms with van der Waals surface area (Å²) in [7, 11) is 1.29. The van der Waals surface area contributed by atoms with Crippen molar-refractivity contribution in [3.05, 3.63) is 64.9 Å². The van der Waals surface area contributed by atoms with Crippen LogP contribution in [0.3, 0.4) is 0 Å². The summed E-state index contributed by atoms with van der Waals surface area (Å²) in [4.78, 5) is 35.5. The summed E-state index contributed by atoms with van der Waals surface area (Å²) in [6, 6.07) is 11.2. The fourth-order valence-corrected chi connectivity index (χ4v) is 2.83. The number of benzene rings is 2. The van der Waals surface area contributed by atoms with Gasteiger partial charge in [0.05, 0.1) is 18.2 Å². The van der Waals surface area contributed by atoms with Crippen LogP contribution in [-0.4, -0.2) is 30.1 Å². The molecule has 0 aliphatic carbocycles. The molecule has 0 aromatic heterocycles. The molecular weight excluding hydrogens is 350 g/mol. The molecule has 0 atom stereocenters. The van der Waals surface area contributed by atoms with E-state index in [1.54, 1.807) is 42.7 Å². The van der Waals surface area contributed by atoms with E-state index in [1.807, 2.05) is 0 Å². The molecule has 138 valence electrons. The Balaban J connectivity index is 1.93. The maximum absolute atomic E-state index is 12.4. The number of rotatable bonds is 4. The Morgan fingerprint density at radius 2 is 1.74 bits per heavy atom. The van der Waals surface area contributed by atoms with Crippen LogP contribution in [0.15, 0.2) is 48.2 Å². The second-order valence-electron chi connectivity index (χ2n) is 5.85. The van der Waals surface area contributed by atoms with Crippen molar-refractivity contribution in [2.24, 2.45) is 0 Å². The van der Waals surface area contributed by atoms with Crippen molar-refractivity contribution in [1.29, 1.82) is 0 Å². The summed E-state index contributed by atoms with van der Waals surface area (Å²) >= 11 is 0. The van der Waals surface area contributed by atoms with E-state index in [1.165, 1.54) is 19.2 Å². The Morgan fingerprint density at radius 1 is 1.07 bits per heavy atom. The molecule has 0 saturated heterocycles. The van der Waals surface area contributed by atoms with E-state index in [9.17, 15) is 14.4 Å². The van der Waals surface area contributed by atoms with Gasteiger partial charge in [0.25, 0.3) is 11.8 Å². The first-order valence-corrected chi connectivity index (χ1v) is 8.01. The third-order valence-corrected chi connectivity index (χ3v) is 4.14. The molecule has 2 aromatic rings. The van der Waals surface area contributed by atoms with Crippen molar-refractivity contribution in [2.75, 3.05) is 17.7 Å². The van der Waals surface area contributed by atoms with E-state index < -0.39 is 11.9 Å². The number of ether oxygens (including phenoxy) is 1. The maximum atomic E-state index is 12.4. The minimum atomic E-state index is -0.615. The topological polar surface area (TPSA) is 117 Å². The summed E-state index contributed by atoms with van der Waals surface area (Å²) in [5.74, 6) is -1.38. The van der Waals surface area contributed by atoms with E-state index in [0.717, 1.165) is 0 Å². The Morgan fingerprint density at radius 3 is 2.37 bits per heavy atom. The van der Waals surface area contributed by atoms with Gasteiger partial charge in [0.2, 0.25) is 0 Å². The predicted octanol–water partition coefficient (Wildman–Crippen LogP) is 2.39. The molecule has 4 N–H and O–H groups in total. The van der Waals surface area contributed by atoms with Crippen molar-refractivity contribution in [1.82, 2.24) is 5.48 Å². The van der Waals surface area contributed by atoms with Gasteiger partial charge >= 0.3 is 5.97 Å². The molecule has 1 aliphatic rings. The number of hydrogen-bond donors (Lipinski definition) is 4. The van der Waals surface area contributed by atoms with Gasteiger partial charge in [-0.2, -0.15) is 0 Å². The minimum Gasteiger partial charge on any atom is -0.465 e. The lowest BCUT2D eigenvalue weighted by atomic mass is 10.0. The van der Waals surface area contributed by atoms with Gasteiger partial charge in [0, 0.05) is 28.2 Å². The highest BCUT2D eigenvalue weighted by Gasteiger charge is 2.27. The van der Waals surface area contributed by atoms with Crippen LogP contribution in [0.25, 0.3) is 5.57 Å². The van der Waals surface area contributed by atoms with Crippen molar-refractivity contribution in [3.63, 3.8) is 0 Å². The monoisotopic (exact) mass is 367 g/mol. The van der Waals surface area contributed by atoms with Crippen LogP contribution in [0.5, 0.6) is 0 Å². The van der Waals surface area contributed by atoms with Crippen molar-refractivity contribution in [2.45, 2.75) is 6.92 Å². The van der Waals surface area contributed by atoms with Crippen LogP contribution >= 0.6 is 0 Å². The SMILES string of the molecule is COC(=O)c1ccc2c(c1)/C(=C(\C)Nc1ccc(C(=O)NO)cc1)C(=O)N2. The van der Waals surface area contributed by atoms with Crippen LogP contribution in [0, 0.1) is 0 Å². The number of nitrogens with one attached hydrogen (secondary N) is 3. The molecule has 0 bridgehead atoms. The van der Waals surface area contributed by atoms with Crippen molar-refractivity contribution >= 4 is 34.7 Å². The van der Waals surface area contributed by atoms with Crippen molar-refractivity contribution in [3.8, 4) is 0 Å². The number of methoxy groups -OCH3 is 1. The first kappa shape index (κ1) is 18.2. The third-order valence-electron chi connectivity index (χ3n) is 4.14. The third kappa shape index (κ3) is 3.51. The van der Waals surface area contributed by atoms with Crippen molar-refractivity contribution < 1.29 is 24.3 Å². The zero-order valence-electron chi connectivity index (χ0n) is 14.6. The lowest BCUT2D eigenvalue weighted by Gasteiger charge is -2.10. The summed E-state index contributed by atoms with van der Waals surface area (Å²) in [5.41, 5.74) is 5.05. The van der Waals surface area contributed by atoms with Gasteiger partial charge < -0.3 is 15.4 Å². The average Bonchev–Trinajstić information content (AvgIpc) is 3.02. The van der Waals surface area contributed by atoms with Crippen LogP contribution in [0.1, 0.15) is 33.2 Å². The lowest BCUT2D eigenvalue weighted by molar-refractivity contribution is -0.110. The van der Waals surface area contributed by atoms with E-state index in [0.29, 0.717) is 39.3 Å².